The summed E-state index contributed by atoms with van der Waals surface area (Å²) in [5.41, 5.74) is 4.53. The second kappa shape index (κ2) is 8.63. The summed E-state index contributed by atoms with van der Waals surface area (Å²) in [6.07, 6.45) is 1.06. The molecule has 0 saturated carbocycles. The van der Waals surface area contributed by atoms with Gasteiger partial charge in [-0.1, -0.05) is 28.1 Å². The third-order valence-corrected chi connectivity index (χ3v) is 4.33. The van der Waals surface area contributed by atoms with E-state index >= 15 is 0 Å². The van der Waals surface area contributed by atoms with Gasteiger partial charge in [-0.05, 0) is 54.8 Å². The quantitative estimate of drug-likeness (QED) is 0.426. The van der Waals surface area contributed by atoms with Crippen LogP contribution in [0.4, 0.5) is 5.69 Å². The number of hydrogen-bond donors (Lipinski definition) is 1. The average Bonchev–Trinajstić information content (AvgIpc) is 2.60. The first-order valence-electron chi connectivity index (χ1n) is 7.87. The molecule has 8 nitrogen and oxygen atoms in total. The third-order valence-electron chi connectivity index (χ3n) is 3.87. The molecule has 2 aromatic carbocycles. The minimum absolute atomic E-state index is 0.0253. The second-order valence-corrected chi connectivity index (χ2v) is 6.75. The molecule has 0 aliphatic heterocycles. The van der Waals surface area contributed by atoms with Crippen LogP contribution in [0.5, 0.6) is 11.5 Å². The predicted molar refractivity (Wildman–Crippen MR) is 102 cm³/mol. The van der Waals surface area contributed by atoms with Gasteiger partial charge in [0.2, 0.25) is 0 Å². The molecule has 0 bridgehead atoms. The van der Waals surface area contributed by atoms with Crippen molar-refractivity contribution in [1.29, 1.82) is 0 Å². The van der Waals surface area contributed by atoms with Gasteiger partial charge in [-0.15, -0.1) is 0 Å². The number of carbonyl (C=O) groups is 1. The lowest BCUT2D eigenvalue weighted by Crippen LogP contribution is -2.25. The van der Waals surface area contributed by atoms with Crippen LogP contribution in [0.2, 0.25) is 0 Å². The Balaban J connectivity index is 2.02. The molecule has 27 heavy (non-hydrogen) atoms. The maximum atomic E-state index is 12.0. The Morgan fingerprint density at radius 3 is 2.63 bits per heavy atom. The van der Waals surface area contributed by atoms with E-state index in [-0.39, 0.29) is 12.2 Å². The van der Waals surface area contributed by atoms with Crippen molar-refractivity contribution in [3.8, 4) is 11.5 Å². The molecule has 2 aromatic rings. The topological polar surface area (TPSA) is 117 Å². The lowest BCUT2D eigenvalue weighted by Gasteiger charge is -2.13. The summed E-state index contributed by atoms with van der Waals surface area (Å²) in [5, 5.41) is 26.5. The average molecular weight is 435 g/mol. The zero-order valence-corrected chi connectivity index (χ0v) is 16.5. The molecular weight excluding hydrogens is 418 g/mol. The Morgan fingerprint density at radius 2 is 1.96 bits per heavy atom. The molecule has 0 saturated heterocycles. The summed E-state index contributed by atoms with van der Waals surface area (Å²) in [5.74, 6) is -0.675. The van der Waals surface area contributed by atoms with E-state index in [1.165, 1.54) is 6.07 Å². The number of amides is 1. The fraction of sp³-hybridized carbons (Fsp3) is 0.222. The van der Waals surface area contributed by atoms with Gasteiger partial charge in [0.05, 0.1) is 11.1 Å². The van der Waals surface area contributed by atoms with Crippen molar-refractivity contribution in [3.63, 3.8) is 0 Å². The second-order valence-electron chi connectivity index (χ2n) is 5.84. The third kappa shape index (κ3) is 5.04. The Kier molecular flexibility index (Phi) is 6.51. The Morgan fingerprint density at radius 1 is 1.30 bits per heavy atom. The number of halogens is 1. The van der Waals surface area contributed by atoms with Crippen molar-refractivity contribution in [2.45, 2.75) is 20.8 Å². The summed E-state index contributed by atoms with van der Waals surface area (Å²) in [6, 6.07) is 6.36. The standard InChI is InChI=1S/C18H18BrN3O5/c1-10-4-5-11(2)18(12(10)3)27-9-16(23)21-20-8-13-6-14(19)7-15(17(13)24)22(25)26/h4-8,24H,9H2,1-3H3,(H,21,23)/p-1/b20-8-. The van der Waals surface area contributed by atoms with Crippen LogP contribution in [0, 0.1) is 30.9 Å². The summed E-state index contributed by atoms with van der Waals surface area (Å²) in [6.45, 7) is 5.48. The molecule has 0 aliphatic carbocycles. The van der Waals surface area contributed by atoms with Gasteiger partial charge in [0, 0.05) is 10.5 Å². The largest absolute Gasteiger partial charge is 0.867 e. The van der Waals surface area contributed by atoms with Crippen LogP contribution >= 0.6 is 15.9 Å². The molecule has 0 radical (unpaired) electrons. The minimum atomic E-state index is -0.788. The summed E-state index contributed by atoms with van der Waals surface area (Å²) in [7, 11) is 0. The van der Waals surface area contributed by atoms with E-state index in [0.717, 1.165) is 29.0 Å². The van der Waals surface area contributed by atoms with Gasteiger partial charge >= 0.3 is 0 Å². The molecule has 142 valence electrons. The highest BCUT2D eigenvalue weighted by Gasteiger charge is 2.12. The molecule has 0 unspecified atom stereocenters. The van der Waals surface area contributed by atoms with Crippen LogP contribution in [-0.4, -0.2) is 23.7 Å². The number of hydrazone groups is 1. The highest BCUT2D eigenvalue weighted by Crippen LogP contribution is 2.30. The number of nitrogens with one attached hydrogen (secondary N) is 1. The summed E-state index contributed by atoms with van der Waals surface area (Å²) >= 11 is 3.09. The Labute approximate surface area is 164 Å². The highest BCUT2D eigenvalue weighted by atomic mass is 79.9. The van der Waals surface area contributed by atoms with Crippen LogP contribution in [0.3, 0.4) is 0 Å². The SMILES string of the molecule is Cc1ccc(C)c(OCC(=O)N/N=C\c2cc(Br)cc([N+](=O)[O-])c2[O-])c1C. The van der Waals surface area contributed by atoms with Crippen molar-refractivity contribution >= 4 is 33.7 Å². The van der Waals surface area contributed by atoms with E-state index in [4.69, 9.17) is 4.74 Å². The van der Waals surface area contributed by atoms with Crippen molar-refractivity contribution in [2.24, 2.45) is 5.10 Å². The van der Waals surface area contributed by atoms with Gasteiger partial charge in [0.1, 0.15) is 5.75 Å². The number of benzene rings is 2. The van der Waals surface area contributed by atoms with Gasteiger partial charge < -0.3 is 9.84 Å². The molecule has 0 spiro atoms. The molecule has 1 amide bonds. The van der Waals surface area contributed by atoms with E-state index in [1.54, 1.807) is 0 Å². The number of ether oxygens (including phenoxy) is 1. The molecule has 0 aromatic heterocycles. The molecule has 2 rings (SSSR count). The zero-order valence-electron chi connectivity index (χ0n) is 14.9. The summed E-state index contributed by atoms with van der Waals surface area (Å²) in [4.78, 5) is 22.0. The van der Waals surface area contributed by atoms with Crippen molar-refractivity contribution in [2.75, 3.05) is 6.61 Å². The zero-order chi connectivity index (χ0) is 20.1. The normalized spacial score (nSPS) is 10.8. The minimum Gasteiger partial charge on any atom is -0.867 e. The number of nitro benzene ring substituents is 1. The molecule has 1 N–H and O–H groups in total. The first-order chi connectivity index (χ1) is 12.7. The Hall–Kier alpha value is -2.94. The maximum Gasteiger partial charge on any atom is 0.277 e. The monoisotopic (exact) mass is 434 g/mol. The predicted octanol–water partition coefficient (Wildman–Crippen LogP) is 2.89. The molecule has 0 heterocycles. The first kappa shape index (κ1) is 20.4. The van der Waals surface area contributed by atoms with Crippen molar-refractivity contribution < 1.29 is 19.6 Å². The van der Waals surface area contributed by atoms with Gasteiger partial charge in [-0.25, -0.2) is 5.43 Å². The van der Waals surface area contributed by atoms with E-state index in [1.807, 2.05) is 32.9 Å². The molecule has 9 heteroatoms. The van der Waals surface area contributed by atoms with E-state index in [2.05, 4.69) is 26.5 Å². The summed E-state index contributed by atoms with van der Waals surface area (Å²) < 4.78 is 5.92. The van der Waals surface area contributed by atoms with E-state index in [0.29, 0.717) is 10.2 Å². The lowest BCUT2D eigenvalue weighted by atomic mass is 10.1. The van der Waals surface area contributed by atoms with Gasteiger partial charge in [0.25, 0.3) is 11.6 Å². The van der Waals surface area contributed by atoms with Crippen LogP contribution in [0.1, 0.15) is 22.3 Å². The molecule has 0 atom stereocenters. The van der Waals surface area contributed by atoms with Crippen LogP contribution in [0.25, 0.3) is 0 Å². The number of hydrogen-bond acceptors (Lipinski definition) is 6. The number of carbonyl (C=O) groups excluding carboxylic acids is 1. The first-order valence-corrected chi connectivity index (χ1v) is 8.66. The van der Waals surface area contributed by atoms with Crippen LogP contribution < -0.4 is 15.3 Å². The van der Waals surface area contributed by atoms with Gasteiger partial charge in [0.15, 0.2) is 6.61 Å². The smallest absolute Gasteiger partial charge is 0.277 e. The van der Waals surface area contributed by atoms with Gasteiger partial charge in [-0.3, -0.25) is 14.9 Å². The van der Waals surface area contributed by atoms with E-state index in [9.17, 15) is 20.0 Å². The number of nitro groups is 1. The van der Waals surface area contributed by atoms with Crippen LogP contribution in [-0.2, 0) is 4.79 Å². The number of rotatable bonds is 6. The number of nitrogens with zero attached hydrogens (tertiary/aromatic N) is 2. The number of aryl methyl sites for hydroxylation is 2. The fourth-order valence-electron chi connectivity index (χ4n) is 2.32. The molecule has 0 aliphatic rings. The van der Waals surface area contributed by atoms with Crippen molar-refractivity contribution in [3.05, 3.63) is 61.1 Å². The highest BCUT2D eigenvalue weighted by molar-refractivity contribution is 9.10. The molecular formula is C18H17BrN3O5-. The van der Waals surface area contributed by atoms with Crippen LogP contribution in [0.15, 0.2) is 33.8 Å². The molecule has 0 fully saturated rings. The maximum absolute atomic E-state index is 12.0. The Bertz CT molecular complexity index is 928. The van der Waals surface area contributed by atoms with Gasteiger partial charge in [-0.2, -0.15) is 5.10 Å². The van der Waals surface area contributed by atoms with E-state index < -0.39 is 22.3 Å². The fourth-order valence-corrected chi connectivity index (χ4v) is 2.79. The van der Waals surface area contributed by atoms with Crippen molar-refractivity contribution in [1.82, 2.24) is 5.43 Å². The lowest BCUT2D eigenvalue weighted by molar-refractivity contribution is -0.398.